The third kappa shape index (κ3) is 2.73. The van der Waals surface area contributed by atoms with Crippen molar-refractivity contribution >= 4 is 22.2 Å². The number of carbonyl (C=O) groups excluding carboxylic acids is 1. The Hall–Kier alpha value is -2.52. The van der Waals surface area contributed by atoms with E-state index in [0.717, 1.165) is 28.1 Å². The molecule has 8 nitrogen and oxygen atoms in total. The van der Waals surface area contributed by atoms with Crippen LogP contribution in [0.3, 0.4) is 0 Å². The number of hydrogen-bond acceptors (Lipinski definition) is 7. The van der Waals surface area contributed by atoms with E-state index in [-0.39, 0.29) is 5.91 Å². The molecule has 1 N–H and O–H groups in total. The van der Waals surface area contributed by atoms with Gasteiger partial charge in [-0.25, -0.2) is 0 Å². The Labute approximate surface area is 154 Å². The SMILES string of the molecule is Cc1noc(-c2c(NC(=O)c3c(C)nn(C)c3C)sc3c2CCOC3)n1. The Morgan fingerprint density at radius 2 is 2.12 bits per heavy atom. The number of carbonyl (C=O) groups is 1. The molecule has 0 bridgehead atoms. The summed E-state index contributed by atoms with van der Waals surface area (Å²) in [5.41, 5.74) is 4.02. The minimum Gasteiger partial charge on any atom is -0.376 e. The zero-order valence-electron chi connectivity index (χ0n) is 15.0. The molecule has 0 spiro atoms. The Balaban J connectivity index is 1.77. The third-order valence-electron chi connectivity index (χ3n) is 4.52. The van der Waals surface area contributed by atoms with Crippen LogP contribution in [-0.4, -0.2) is 32.4 Å². The van der Waals surface area contributed by atoms with Crippen LogP contribution in [0.2, 0.25) is 0 Å². The first-order valence-electron chi connectivity index (χ1n) is 8.30. The molecule has 1 amide bonds. The second kappa shape index (κ2) is 6.33. The number of aryl methyl sites for hydroxylation is 3. The molecule has 3 aromatic heterocycles. The van der Waals surface area contributed by atoms with Gasteiger partial charge in [0.05, 0.1) is 30.0 Å². The van der Waals surface area contributed by atoms with Crippen molar-refractivity contribution in [3.63, 3.8) is 0 Å². The fourth-order valence-electron chi connectivity index (χ4n) is 3.21. The fourth-order valence-corrected chi connectivity index (χ4v) is 4.39. The van der Waals surface area contributed by atoms with Gasteiger partial charge in [0.25, 0.3) is 11.8 Å². The standard InChI is InChI=1S/C17H19N5O3S/c1-8-13(9(2)22(4)20-8)15(23)19-17-14(16-18-10(3)21-25-16)11-5-6-24-7-12(11)26-17/h5-7H2,1-4H3,(H,19,23). The Kier molecular flexibility index (Phi) is 4.12. The van der Waals surface area contributed by atoms with Gasteiger partial charge in [0.1, 0.15) is 5.00 Å². The van der Waals surface area contributed by atoms with Gasteiger partial charge in [-0.1, -0.05) is 5.16 Å². The summed E-state index contributed by atoms with van der Waals surface area (Å²) in [5.74, 6) is 0.796. The van der Waals surface area contributed by atoms with Crippen molar-refractivity contribution in [1.29, 1.82) is 0 Å². The van der Waals surface area contributed by atoms with Gasteiger partial charge in [-0.15, -0.1) is 11.3 Å². The van der Waals surface area contributed by atoms with Gasteiger partial charge in [-0.3, -0.25) is 9.48 Å². The minimum atomic E-state index is -0.190. The molecule has 0 radical (unpaired) electrons. The van der Waals surface area contributed by atoms with Crippen molar-refractivity contribution in [2.45, 2.75) is 33.8 Å². The van der Waals surface area contributed by atoms with Gasteiger partial charge in [0, 0.05) is 17.6 Å². The van der Waals surface area contributed by atoms with Crippen LogP contribution in [0.25, 0.3) is 11.5 Å². The summed E-state index contributed by atoms with van der Waals surface area (Å²) >= 11 is 1.50. The molecular weight excluding hydrogens is 354 g/mol. The number of fused-ring (bicyclic) bond motifs is 1. The molecule has 26 heavy (non-hydrogen) atoms. The molecule has 136 valence electrons. The summed E-state index contributed by atoms with van der Waals surface area (Å²) in [4.78, 5) is 18.4. The average molecular weight is 373 g/mol. The molecule has 4 heterocycles. The van der Waals surface area contributed by atoms with E-state index < -0.39 is 0 Å². The largest absolute Gasteiger partial charge is 0.376 e. The second-order valence-electron chi connectivity index (χ2n) is 6.28. The number of ether oxygens (including phenoxy) is 1. The van der Waals surface area contributed by atoms with Crippen LogP contribution in [0.15, 0.2) is 4.52 Å². The van der Waals surface area contributed by atoms with Gasteiger partial charge in [0.2, 0.25) is 0 Å². The van der Waals surface area contributed by atoms with Gasteiger partial charge in [-0.05, 0) is 32.8 Å². The van der Waals surface area contributed by atoms with Crippen molar-refractivity contribution in [2.24, 2.45) is 7.05 Å². The third-order valence-corrected chi connectivity index (χ3v) is 5.65. The van der Waals surface area contributed by atoms with Crippen LogP contribution in [-0.2, 0) is 24.8 Å². The lowest BCUT2D eigenvalue weighted by Gasteiger charge is -2.12. The molecule has 3 aromatic rings. The van der Waals surface area contributed by atoms with E-state index in [9.17, 15) is 4.79 Å². The maximum Gasteiger partial charge on any atom is 0.261 e. The highest BCUT2D eigenvalue weighted by Crippen LogP contribution is 2.42. The first-order valence-corrected chi connectivity index (χ1v) is 9.12. The lowest BCUT2D eigenvalue weighted by atomic mass is 10.1. The topological polar surface area (TPSA) is 95.1 Å². The zero-order valence-corrected chi connectivity index (χ0v) is 15.9. The second-order valence-corrected chi connectivity index (χ2v) is 7.39. The van der Waals surface area contributed by atoms with E-state index in [1.807, 2.05) is 20.9 Å². The van der Waals surface area contributed by atoms with Gasteiger partial charge >= 0.3 is 0 Å². The molecule has 0 saturated heterocycles. The molecule has 4 rings (SSSR count). The monoisotopic (exact) mass is 373 g/mol. The molecule has 0 unspecified atom stereocenters. The number of anilines is 1. The Morgan fingerprint density at radius 1 is 1.31 bits per heavy atom. The maximum absolute atomic E-state index is 12.9. The van der Waals surface area contributed by atoms with Crippen molar-refractivity contribution < 1.29 is 14.1 Å². The van der Waals surface area contributed by atoms with Crippen molar-refractivity contribution in [1.82, 2.24) is 19.9 Å². The van der Waals surface area contributed by atoms with E-state index in [4.69, 9.17) is 9.26 Å². The normalized spacial score (nSPS) is 13.7. The molecule has 0 aromatic carbocycles. The van der Waals surface area contributed by atoms with Crippen LogP contribution in [0.5, 0.6) is 0 Å². The number of amides is 1. The highest BCUT2D eigenvalue weighted by molar-refractivity contribution is 7.17. The minimum absolute atomic E-state index is 0.190. The fraction of sp³-hybridized carbons (Fsp3) is 0.412. The number of aromatic nitrogens is 4. The summed E-state index contributed by atoms with van der Waals surface area (Å²) in [6, 6.07) is 0. The lowest BCUT2D eigenvalue weighted by molar-refractivity contribution is 0.102. The zero-order chi connectivity index (χ0) is 18.4. The van der Waals surface area contributed by atoms with Crippen LogP contribution in [0, 0.1) is 20.8 Å². The van der Waals surface area contributed by atoms with E-state index >= 15 is 0 Å². The van der Waals surface area contributed by atoms with Gasteiger partial charge < -0.3 is 14.6 Å². The maximum atomic E-state index is 12.9. The number of nitrogens with one attached hydrogen (secondary N) is 1. The van der Waals surface area contributed by atoms with Crippen LogP contribution in [0.1, 0.15) is 38.0 Å². The molecule has 1 aliphatic heterocycles. The molecule has 0 saturated carbocycles. The molecule has 0 aliphatic carbocycles. The Morgan fingerprint density at radius 3 is 2.77 bits per heavy atom. The van der Waals surface area contributed by atoms with Crippen LogP contribution < -0.4 is 5.32 Å². The molecule has 1 aliphatic rings. The Bertz CT molecular complexity index is 1000. The van der Waals surface area contributed by atoms with Crippen molar-refractivity contribution in [3.05, 3.63) is 33.2 Å². The van der Waals surface area contributed by atoms with Crippen molar-refractivity contribution in [2.75, 3.05) is 11.9 Å². The van der Waals surface area contributed by atoms with E-state index in [0.29, 0.717) is 41.2 Å². The summed E-state index contributed by atoms with van der Waals surface area (Å²) < 4.78 is 12.7. The first-order chi connectivity index (χ1) is 12.5. The predicted octanol–water partition coefficient (Wildman–Crippen LogP) is 2.78. The molecule has 0 fully saturated rings. The summed E-state index contributed by atoms with van der Waals surface area (Å²) in [6.07, 6.45) is 0.753. The van der Waals surface area contributed by atoms with E-state index in [1.165, 1.54) is 11.3 Å². The van der Waals surface area contributed by atoms with Gasteiger partial charge in [0.15, 0.2) is 5.82 Å². The van der Waals surface area contributed by atoms with Crippen LogP contribution >= 0.6 is 11.3 Å². The first kappa shape index (κ1) is 16.9. The van der Waals surface area contributed by atoms with Crippen LogP contribution in [0.4, 0.5) is 5.00 Å². The average Bonchev–Trinajstić information content (AvgIpc) is 3.23. The number of nitrogens with zero attached hydrogens (tertiary/aromatic N) is 4. The van der Waals surface area contributed by atoms with E-state index in [1.54, 1.807) is 11.6 Å². The quantitative estimate of drug-likeness (QED) is 0.758. The number of hydrogen-bond donors (Lipinski definition) is 1. The summed E-state index contributed by atoms with van der Waals surface area (Å²) in [7, 11) is 1.83. The number of rotatable bonds is 3. The summed E-state index contributed by atoms with van der Waals surface area (Å²) in [5, 5.41) is 11.9. The van der Waals surface area contributed by atoms with Gasteiger partial charge in [-0.2, -0.15) is 10.1 Å². The highest BCUT2D eigenvalue weighted by atomic mass is 32.1. The number of thiophene rings is 1. The predicted molar refractivity (Wildman–Crippen MR) is 96.3 cm³/mol. The highest BCUT2D eigenvalue weighted by Gasteiger charge is 2.28. The molecular formula is C17H19N5O3S. The van der Waals surface area contributed by atoms with Crippen molar-refractivity contribution in [3.8, 4) is 11.5 Å². The lowest BCUT2D eigenvalue weighted by Crippen LogP contribution is -2.14. The molecule has 0 atom stereocenters. The van der Waals surface area contributed by atoms with E-state index in [2.05, 4.69) is 20.6 Å². The summed E-state index contributed by atoms with van der Waals surface area (Å²) in [6.45, 7) is 6.65. The smallest absolute Gasteiger partial charge is 0.261 e. The molecule has 9 heteroatoms.